The molecule has 1 atom stereocenters. The zero-order chi connectivity index (χ0) is 16.1. The first-order valence-corrected chi connectivity index (χ1v) is 7.35. The largest absolute Gasteiger partial charge is 0.489 e. The maximum absolute atomic E-state index is 10.7. The van der Waals surface area contributed by atoms with Gasteiger partial charge in [0.2, 0.25) is 0 Å². The van der Waals surface area contributed by atoms with Crippen LogP contribution in [0.5, 0.6) is 5.75 Å². The number of nitrogens with two attached hydrogens (primary N) is 1. The Kier molecular flexibility index (Phi) is 5.66. The second-order valence-electron chi connectivity index (χ2n) is 4.83. The quantitative estimate of drug-likeness (QED) is 0.844. The fraction of sp³-hybridized carbons (Fsp3) is 0.188. The molecule has 6 heteroatoms. The van der Waals surface area contributed by atoms with Gasteiger partial charge in [-0.1, -0.05) is 41.4 Å². The number of benzene rings is 2. The molecule has 22 heavy (non-hydrogen) atoms. The first-order valence-electron chi connectivity index (χ1n) is 6.60. The lowest BCUT2D eigenvalue weighted by atomic mass is 10.1. The molecule has 116 valence electrons. The highest BCUT2D eigenvalue weighted by Gasteiger charge is 2.11. The van der Waals surface area contributed by atoms with Gasteiger partial charge in [0.1, 0.15) is 18.4 Å². The average molecular weight is 340 g/mol. The van der Waals surface area contributed by atoms with Crippen LogP contribution in [0.4, 0.5) is 0 Å². The number of rotatable bonds is 6. The molecule has 2 rings (SSSR count). The first-order chi connectivity index (χ1) is 10.5. The fourth-order valence-electron chi connectivity index (χ4n) is 1.86. The summed E-state index contributed by atoms with van der Waals surface area (Å²) in [6.07, 6.45) is 0.280. The van der Waals surface area contributed by atoms with Gasteiger partial charge in [0.25, 0.3) is 0 Å². The van der Waals surface area contributed by atoms with E-state index in [0.29, 0.717) is 22.4 Å². The van der Waals surface area contributed by atoms with Crippen LogP contribution in [0.1, 0.15) is 11.1 Å². The molecule has 2 aromatic carbocycles. The molecular formula is C16H15Cl2NO3. The van der Waals surface area contributed by atoms with Crippen LogP contribution < -0.4 is 10.5 Å². The van der Waals surface area contributed by atoms with E-state index in [4.69, 9.17) is 38.8 Å². The molecule has 0 unspecified atom stereocenters. The van der Waals surface area contributed by atoms with Crippen LogP contribution in [0.3, 0.4) is 0 Å². The van der Waals surface area contributed by atoms with E-state index >= 15 is 0 Å². The SMILES string of the molecule is N[C@@H](Cc1ccc(OCc2ccc(Cl)c(Cl)c2)cc1)C(=O)O. The van der Waals surface area contributed by atoms with Crippen LogP contribution in [0.2, 0.25) is 10.0 Å². The second-order valence-corrected chi connectivity index (χ2v) is 5.64. The van der Waals surface area contributed by atoms with Gasteiger partial charge in [-0.3, -0.25) is 4.79 Å². The minimum Gasteiger partial charge on any atom is -0.489 e. The molecule has 3 N–H and O–H groups in total. The summed E-state index contributed by atoms with van der Waals surface area (Å²) in [5.74, 6) is -0.335. The van der Waals surface area contributed by atoms with Crippen molar-refractivity contribution < 1.29 is 14.6 Å². The molecular weight excluding hydrogens is 325 g/mol. The zero-order valence-electron chi connectivity index (χ0n) is 11.6. The van der Waals surface area contributed by atoms with Gasteiger partial charge in [-0.2, -0.15) is 0 Å². The van der Waals surface area contributed by atoms with Gasteiger partial charge in [-0.05, 0) is 41.8 Å². The Labute approximate surface area is 138 Å². The first kappa shape index (κ1) is 16.6. The summed E-state index contributed by atoms with van der Waals surface area (Å²) in [6, 6.07) is 11.6. The van der Waals surface area contributed by atoms with Crippen molar-refractivity contribution in [2.24, 2.45) is 5.73 Å². The molecule has 0 saturated carbocycles. The smallest absolute Gasteiger partial charge is 0.320 e. The molecule has 0 aliphatic carbocycles. The van der Waals surface area contributed by atoms with Crippen molar-refractivity contribution in [2.75, 3.05) is 0 Å². The number of hydrogen-bond acceptors (Lipinski definition) is 3. The normalized spacial score (nSPS) is 12.0. The maximum atomic E-state index is 10.7. The molecule has 0 aliphatic heterocycles. The van der Waals surface area contributed by atoms with Crippen LogP contribution in [0.25, 0.3) is 0 Å². The van der Waals surface area contributed by atoms with Gasteiger partial charge in [-0.15, -0.1) is 0 Å². The Morgan fingerprint density at radius 3 is 2.32 bits per heavy atom. The van der Waals surface area contributed by atoms with Crippen molar-refractivity contribution in [1.29, 1.82) is 0 Å². The van der Waals surface area contributed by atoms with E-state index in [1.165, 1.54) is 0 Å². The number of halogens is 2. The summed E-state index contributed by atoms with van der Waals surface area (Å²) in [5, 5.41) is 9.77. The predicted molar refractivity (Wildman–Crippen MR) is 86.6 cm³/mol. The van der Waals surface area contributed by atoms with Crippen LogP contribution in [0, 0.1) is 0 Å². The second kappa shape index (κ2) is 7.49. The van der Waals surface area contributed by atoms with Crippen LogP contribution >= 0.6 is 23.2 Å². The Balaban J connectivity index is 1.93. The summed E-state index contributed by atoms with van der Waals surface area (Å²) in [5.41, 5.74) is 7.25. The van der Waals surface area contributed by atoms with Crippen molar-refractivity contribution in [3.8, 4) is 5.75 Å². The Hall–Kier alpha value is -1.75. The van der Waals surface area contributed by atoms with E-state index in [1.807, 2.05) is 6.07 Å². The van der Waals surface area contributed by atoms with E-state index in [1.54, 1.807) is 36.4 Å². The highest BCUT2D eigenvalue weighted by Crippen LogP contribution is 2.23. The Bertz CT molecular complexity index is 659. The molecule has 0 spiro atoms. The van der Waals surface area contributed by atoms with Crippen LogP contribution in [-0.4, -0.2) is 17.1 Å². The monoisotopic (exact) mass is 339 g/mol. The molecule has 0 bridgehead atoms. The van der Waals surface area contributed by atoms with Crippen LogP contribution in [0.15, 0.2) is 42.5 Å². The minimum absolute atomic E-state index is 0.280. The van der Waals surface area contributed by atoms with Crippen LogP contribution in [-0.2, 0) is 17.8 Å². The number of ether oxygens (including phenoxy) is 1. The van der Waals surface area contributed by atoms with E-state index in [0.717, 1.165) is 11.1 Å². The van der Waals surface area contributed by atoms with Gasteiger partial charge in [0, 0.05) is 0 Å². The van der Waals surface area contributed by atoms with Gasteiger partial charge < -0.3 is 15.6 Å². The molecule has 0 aliphatic rings. The van der Waals surface area contributed by atoms with Crippen molar-refractivity contribution in [2.45, 2.75) is 19.1 Å². The topological polar surface area (TPSA) is 72.5 Å². The third kappa shape index (κ3) is 4.63. The Morgan fingerprint density at radius 2 is 1.73 bits per heavy atom. The number of carboxylic acids is 1. The molecule has 0 fully saturated rings. The number of carboxylic acid groups (broad SMARTS) is 1. The summed E-state index contributed by atoms with van der Waals surface area (Å²) in [4.78, 5) is 10.7. The number of carbonyl (C=O) groups is 1. The zero-order valence-corrected chi connectivity index (χ0v) is 13.1. The molecule has 4 nitrogen and oxygen atoms in total. The third-order valence-electron chi connectivity index (χ3n) is 3.09. The molecule has 0 amide bonds. The third-order valence-corrected chi connectivity index (χ3v) is 3.82. The van der Waals surface area contributed by atoms with E-state index in [2.05, 4.69) is 0 Å². The summed E-state index contributed by atoms with van der Waals surface area (Å²) in [7, 11) is 0. The number of hydrogen-bond donors (Lipinski definition) is 2. The predicted octanol–water partition coefficient (Wildman–Crippen LogP) is 3.53. The molecule has 0 radical (unpaired) electrons. The molecule has 0 heterocycles. The van der Waals surface area contributed by atoms with Crippen molar-refractivity contribution in [3.63, 3.8) is 0 Å². The van der Waals surface area contributed by atoms with Crippen molar-refractivity contribution >= 4 is 29.2 Å². The van der Waals surface area contributed by atoms with E-state index in [9.17, 15) is 4.79 Å². The van der Waals surface area contributed by atoms with Gasteiger partial charge in [0.15, 0.2) is 0 Å². The summed E-state index contributed by atoms with van der Waals surface area (Å²) < 4.78 is 5.65. The molecule has 2 aromatic rings. The maximum Gasteiger partial charge on any atom is 0.320 e. The summed E-state index contributed by atoms with van der Waals surface area (Å²) >= 11 is 11.8. The van der Waals surface area contributed by atoms with Gasteiger partial charge in [0.05, 0.1) is 10.0 Å². The molecule has 0 saturated heterocycles. The van der Waals surface area contributed by atoms with E-state index in [-0.39, 0.29) is 6.42 Å². The highest BCUT2D eigenvalue weighted by molar-refractivity contribution is 6.42. The standard InChI is InChI=1S/C16H15Cl2NO3/c17-13-6-3-11(7-14(13)18)9-22-12-4-1-10(2-5-12)8-15(19)16(20)21/h1-7,15H,8-9,19H2,(H,20,21)/t15-/m0/s1. The lowest BCUT2D eigenvalue weighted by molar-refractivity contribution is -0.138. The van der Waals surface area contributed by atoms with Gasteiger partial charge >= 0.3 is 5.97 Å². The van der Waals surface area contributed by atoms with E-state index < -0.39 is 12.0 Å². The lowest BCUT2D eigenvalue weighted by Crippen LogP contribution is -2.32. The minimum atomic E-state index is -1.01. The molecule has 0 aromatic heterocycles. The lowest BCUT2D eigenvalue weighted by Gasteiger charge is -2.09. The highest BCUT2D eigenvalue weighted by atomic mass is 35.5. The number of aliphatic carboxylic acids is 1. The van der Waals surface area contributed by atoms with Crippen molar-refractivity contribution in [3.05, 3.63) is 63.6 Å². The average Bonchev–Trinajstić information content (AvgIpc) is 2.49. The summed E-state index contributed by atoms with van der Waals surface area (Å²) in [6.45, 7) is 0.366. The van der Waals surface area contributed by atoms with Crippen molar-refractivity contribution in [1.82, 2.24) is 0 Å². The Morgan fingerprint density at radius 1 is 1.09 bits per heavy atom. The van der Waals surface area contributed by atoms with Gasteiger partial charge in [-0.25, -0.2) is 0 Å². The fourth-order valence-corrected chi connectivity index (χ4v) is 2.18.